The molecule has 0 fully saturated rings. The molecule has 9 rings (SSSR count). The molecule has 1 spiro atoms. The highest BCUT2D eigenvalue weighted by Crippen LogP contribution is 2.65. The van der Waals surface area contributed by atoms with Crippen molar-refractivity contribution in [3.05, 3.63) is 180 Å². The van der Waals surface area contributed by atoms with Crippen LogP contribution in [0.4, 0.5) is 0 Å². The molecule has 4 aromatic rings. The number of fused-ring (bicyclic) bond motifs is 9. The predicted octanol–water partition coefficient (Wildman–Crippen LogP) is 9.00. The Morgan fingerprint density at radius 3 is 2.39 bits per heavy atom. The molecule has 1 N–H and O–H groups in total. The first-order chi connectivity index (χ1) is 21.8. The highest BCUT2D eigenvalue weighted by atomic mass is 16.5. The maximum atomic E-state index is 6.90. The maximum absolute atomic E-state index is 6.90. The van der Waals surface area contributed by atoms with E-state index in [1.807, 2.05) is 0 Å². The third kappa shape index (κ3) is 3.65. The van der Waals surface area contributed by atoms with Gasteiger partial charge >= 0.3 is 0 Å². The Labute approximate surface area is 258 Å². The van der Waals surface area contributed by atoms with Crippen LogP contribution in [0.5, 0.6) is 11.5 Å². The quantitative estimate of drug-likeness (QED) is 0.268. The normalized spacial score (nSPS) is 26.7. The van der Waals surface area contributed by atoms with Crippen molar-refractivity contribution in [3.63, 3.8) is 0 Å². The van der Waals surface area contributed by atoms with Crippen LogP contribution < -0.4 is 10.2 Å². The minimum atomic E-state index is -0.349. The average Bonchev–Trinajstić information content (AvgIpc) is 3.40. The molecular formula is C41H32N2O. The molecular weight excluding hydrogens is 536 g/mol. The Hall–Kier alpha value is -5.15. The first-order valence-corrected chi connectivity index (χ1v) is 15.6. The van der Waals surface area contributed by atoms with E-state index in [1.54, 1.807) is 0 Å². The number of hydrogen-bond acceptors (Lipinski definition) is 3. The van der Waals surface area contributed by atoms with Crippen molar-refractivity contribution in [2.24, 2.45) is 16.9 Å². The van der Waals surface area contributed by atoms with E-state index in [1.165, 1.54) is 22.3 Å². The van der Waals surface area contributed by atoms with Crippen LogP contribution in [0.15, 0.2) is 157 Å². The number of hydrazone groups is 1. The summed E-state index contributed by atoms with van der Waals surface area (Å²) in [6.07, 6.45) is 23.4. The van der Waals surface area contributed by atoms with Crippen molar-refractivity contribution < 1.29 is 4.74 Å². The van der Waals surface area contributed by atoms with Gasteiger partial charge in [-0.2, -0.15) is 5.10 Å². The zero-order valence-corrected chi connectivity index (χ0v) is 24.3. The fraction of sp³-hybridized carbons (Fsp3) is 0.146. The van der Waals surface area contributed by atoms with E-state index in [9.17, 15) is 0 Å². The van der Waals surface area contributed by atoms with Crippen molar-refractivity contribution in [1.82, 2.24) is 5.43 Å². The lowest BCUT2D eigenvalue weighted by Crippen LogP contribution is -2.37. The van der Waals surface area contributed by atoms with E-state index in [0.29, 0.717) is 11.8 Å². The van der Waals surface area contributed by atoms with E-state index in [0.717, 1.165) is 40.3 Å². The summed E-state index contributed by atoms with van der Waals surface area (Å²) in [7, 11) is 0. The summed E-state index contributed by atoms with van der Waals surface area (Å²) in [6, 6.07) is 33.2. The largest absolute Gasteiger partial charge is 0.456 e. The van der Waals surface area contributed by atoms with Crippen molar-refractivity contribution in [3.8, 4) is 22.6 Å². The van der Waals surface area contributed by atoms with E-state index in [4.69, 9.17) is 9.84 Å². The highest BCUT2D eigenvalue weighted by Gasteiger charge is 2.56. The topological polar surface area (TPSA) is 33.6 Å². The molecule has 2 heterocycles. The van der Waals surface area contributed by atoms with E-state index >= 15 is 0 Å². The zero-order chi connectivity index (χ0) is 29.1. The van der Waals surface area contributed by atoms with E-state index < -0.39 is 0 Å². The molecule has 4 aromatic carbocycles. The summed E-state index contributed by atoms with van der Waals surface area (Å²) in [5.74, 6) is 2.87. The van der Waals surface area contributed by atoms with Crippen LogP contribution >= 0.6 is 0 Å². The second-order valence-electron chi connectivity index (χ2n) is 12.3. The second-order valence-corrected chi connectivity index (χ2v) is 12.3. The van der Waals surface area contributed by atoms with Crippen LogP contribution in [0.1, 0.15) is 40.2 Å². The van der Waals surface area contributed by atoms with Gasteiger partial charge in [0.15, 0.2) is 0 Å². The predicted molar refractivity (Wildman–Crippen MR) is 178 cm³/mol. The summed E-state index contributed by atoms with van der Waals surface area (Å²) in [4.78, 5) is 0. The lowest BCUT2D eigenvalue weighted by molar-refractivity contribution is 0.375. The molecule has 3 aliphatic carbocycles. The van der Waals surface area contributed by atoms with E-state index in [2.05, 4.69) is 157 Å². The molecule has 0 radical (unpaired) electrons. The number of nitrogens with one attached hydrogen (secondary N) is 1. The Morgan fingerprint density at radius 2 is 1.50 bits per heavy atom. The monoisotopic (exact) mass is 568 g/mol. The second kappa shape index (κ2) is 9.96. The summed E-state index contributed by atoms with van der Waals surface area (Å²) in [5.41, 5.74) is 12.5. The molecule has 5 aliphatic rings. The maximum Gasteiger partial charge on any atom is 0.139 e. The standard InChI is InChI=1S/C41H32N2O/c1-2-12-27(13-3-1)37-24-25-38(43-42-37)29-15-10-14-28(26-29)30-18-11-22-36-40(30)44-39-23-9-8-21-35(39)41(36)33-19-6-4-16-31(33)32-17-5-7-20-34(32)41/h1-12,14-27,31,33,37,42H,13H2. The Kier molecular flexibility index (Phi) is 5.74. The molecule has 0 bridgehead atoms. The van der Waals surface area contributed by atoms with Gasteiger partial charge in [0.1, 0.15) is 11.5 Å². The van der Waals surface area contributed by atoms with Gasteiger partial charge in [0.25, 0.3) is 0 Å². The fourth-order valence-electron chi connectivity index (χ4n) is 8.15. The minimum Gasteiger partial charge on any atom is -0.456 e. The number of benzene rings is 4. The first-order valence-electron chi connectivity index (χ1n) is 15.6. The van der Waals surface area contributed by atoms with Gasteiger partial charge in [0.05, 0.1) is 17.2 Å². The number of nitrogens with zero attached hydrogens (tertiary/aromatic N) is 1. The van der Waals surface area contributed by atoms with Gasteiger partial charge in [0.2, 0.25) is 0 Å². The molecule has 2 aliphatic heterocycles. The number of hydrogen-bond donors (Lipinski definition) is 1. The molecule has 5 unspecified atom stereocenters. The van der Waals surface area contributed by atoms with Crippen molar-refractivity contribution >= 4 is 5.71 Å². The molecule has 0 aromatic heterocycles. The van der Waals surface area contributed by atoms with Gasteiger partial charge in [-0.1, -0.05) is 134 Å². The summed E-state index contributed by atoms with van der Waals surface area (Å²) in [6.45, 7) is 0. The van der Waals surface area contributed by atoms with Crippen molar-refractivity contribution in [2.75, 3.05) is 0 Å². The number of ether oxygens (including phenoxy) is 1. The smallest absolute Gasteiger partial charge is 0.139 e. The SMILES string of the molecule is C1=CCC(C2C=CC(c3cccc(-c4cccc5c4Oc4ccccc4C54c5ccccc5C5C=CC=CC54)c3)=NN2)C=C1. The van der Waals surface area contributed by atoms with Crippen LogP contribution in [-0.2, 0) is 5.41 Å². The lowest BCUT2D eigenvalue weighted by atomic mass is 9.61. The van der Waals surface area contributed by atoms with Crippen LogP contribution in [0.2, 0.25) is 0 Å². The van der Waals surface area contributed by atoms with E-state index in [-0.39, 0.29) is 17.4 Å². The highest BCUT2D eigenvalue weighted by molar-refractivity contribution is 6.09. The molecule has 0 saturated carbocycles. The molecule has 5 atom stereocenters. The lowest BCUT2D eigenvalue weighted by Gasteiger charge is -2.43. The molecule has 0 amide bonds. The molecule has 44 heavy (non-hydrogen) atoms. The minimum absolute atomic E-state index is 0.204. The Bertz CT molecular complexity index is 1990. The first kappa shape index (κ1) is 25.4. The molecule has 3 nitrogen and oxygen atoms in total. The third-order valence-electron chi connectivity index (χ3n) is 10.1. The van der Waals surface area contributed by atoms with Gasteiger partial charge < -0.3 is 10.2 Å². The molecule has 3 heteroatoms. The van der Waals surface area contributed by atoms with Crippen LogP contribution in [-0.4, -0.2) is 11.8 Å². The van der Waals surface area contributed by atoms with Crippen LogP contribution in [0.3, 0.4) is 0 Å². The number of para-hydroxylation sites is 2. The average molecular weight is 569 g/mol. The zero-order valence-electron chi connectivity index (χ0n) is 24.3. The van der Waals surface area contributed by atoms with Gasteiger partial charge in [-0.3, -0.25) is 0 Å². The van der Waals surface area contributed by atoms with Gasteiger partial charge in [0, 0.05) is 40.0 Å². The summed E-state index contributed by atoms with van der Waals surface area (Å²) < 4.78 is 6.90. The van der Waals surface area contributed by atoms with Gasteiger partial charge in [-0.15, -0.1) is 0 Å². The van der Waals surface area contributed by atoms with Gasteiger partial charge in [-0.05, 0) is 41.3 Å². The Morgan fingerprint density at radius 1 is 0.705 bits per heavy atom. The van der Waals surface area contributed by atoms with Crippen molar-refractivity contribution in [1.29, 1.82) is 0 Å². The van der Waals surface area contributed by atoms with Crippen molar-refractivity contribution in [2.45, 2.75) is 23.8 Å². The number of allylic oxidation sites excluding steroid dienone is 8. The van der Waals surface area contributed by atoms with Crippen LogP contribution in [0.25, 0.3) is 11.1 Å². The Balaban J connectivity index is 1.17. The molecule has 0 saturated heterocycles. The van der Waals surface area contributed by atoms with Crippen LogP contribution in [0, 0.1) is 11.8 Å². The summed E-state index contributed by atoms with van der Waals surface area (Å²) in [5, 5.41) is 4.81. The fourth-order valence-corrected chi connectivity index (χ4v) is 8.15. The van der Waals surface area contributed by atoms with Gasteiger partial charge in [-0.25, -0.2) is 0 Å². The number of rotatable bonds is 3. The molecule has 212 valence electrons. The summed E-state index contributed by atoms with van der Waals surface area (Å²) >= 11 is 0. The third-order valence-corrected chi connectivity index (χ3v) is 10.1.